The zero-order chi connectivity index (χ0) is 21.3. The van der Waals surface area contributed by atoms with Gasteiger partial charge in [0.25, 0.3) is 0 Å². The molecule has 0 aliphatic heterocycles. The van der Waals surface area contributed by atoms with Crippen LogP contribution in [0.3, 0.4) is 0 Å². The third kappa shape index (κ3) is 5.48. The monoisotopic (exact) mass is 406 g/mol. The van der Waals surface area contributed by atoms with E-state index in [0.717, 1.165) is 34.1 Å². The Morgan fingerprint density at radius 3 is 1.70 bits per heavy atom. The zero-order valence-electron chi connectivity index (χ0n) is 17.5. The van der Waals surface area contributed by atoms with Gasteiger partial charge in [-0.2, -0.15) is 0 Å². The number of hydrogen-bond donors (Lipinski definition) is 5. The zero-order valence-corrected chi connectivity index (χ0v) is 17.5. The summed E-state index contributed by atoms with van der Waals surface area (Å²) < 4.78 is 0. The molecule has 0 heterocycles. The average Bonchev–Trinajstić information content (AvgIpc) is 2.80. The minimum Gasteiger partial charge on any atom is -0.399 e. The first-order chi connectivity index (χ1) is 14.6. The van der Waals surface area contributed by atoms with Crippen LogP contribution >= 0.6 is 0 Å². The second-order valence-corrected chi connectivity index (χ2v) is 6.91. The quantitative estimate of drug-likeness (QED) is 0.259. The van der Waals surface area contributed by atoms with Gasteiger partial charge >= 0.3 is 0 Å². The number of nitrogens with one attached hydrogen (secondary N) is 3. The number of nitrogens with zero attached hydrogens (tertiary/aromatic N) is 2. The molecule has 0 aromatic heterocycles. The van der Waals surface area contributed by atoms with Gasteiger partial charge in [0.05, 0.1) is 13.3 Å². The van der Waals surface area contributed by atoms with Gasteiger partial charge < -0.3 is 36.6 Å². The molecule has 0 atom stereocenters. The molecule has 0 saturated carbocycles. The molecule has 0 saturated heterocycles. The fourth-order valence-corrected chi connectivity index (χ4v) is 3.10. The van der Waals surface area contributed by atoms with Gasteiger partial charge in [-0.3, -0.25) is 0 Å². The van der Waals surface area contributed by atoms with Crippen LogP contribution in [-0.2, 0) is 0 Å². The van der Waals surface area contributed by atoms with Crippen LogP contribution in [0, 0.1) is 0 Å². The molecule has 30 heavy (non-hydrogen) atoms. The largest absolute Gasteiger partial charge is 0.399 e. The molecule has 0 bridgehead atoms. The second-order valence-electron chi connectivity index (χ2n) is 6.91. The fourth-order valence-electron chi connectivity index (χ4n) is 3.10. The van der Waals surface area contributed by atoms with Gasteiger partial charge in [0.1, 0.15) is 6.73 Å². The maximum atomic E-state index is 10.0. The van der Waals surface area contributed by atoms with E-state index in [4.69, 9.17) is 5.73 Å². The molecule has 3 aromatic rings. The third-order valence-electron chi connectivity index (χ3n) is 4.94. The summed E-state index contributed by atoms with van der Waals surface area (Å²) in [4.78, 5) is 4.05. The van der Waals surface area contributed by atoms with Crippen molar-refractivity contribution in [2.24, 2.45) is 0 Å². The van der Waals surface area contributed by atoms with Crippen molar-refractivity contribution in [3.8, 4) is 0 Å². The van der Waals surface area contributed by atoms with E-state index < -0.39 is 0 Å². The van der Waals surface area contributed by atoms with Crippen LogP contribution in [0.2, 0.25) is 0 Å². The molecule has 0 fully saturated rings. The number of benzene rings is 3. The number of nitrogen functional groups attached to an aromatic ring is 1. The lowest BCUT2D eigenvalue weighted by Crippen LogP contribution is -2.41. The normalized spacial score (nSPS) is 10.4. The highest BCUT2D eigenvalue weighted by Gasteiger charge is 2.13. The Hall–Kier alpha value is -3.58. The molecule has 158 valence electrons. The highest BCUT2D eigenvalue weighted by Crippen LogP contribution is 2.22. The van der Waals surface area contributed by atoms with Crippen molar-refractivity contribution in [1.82, 2.24) is 0 Å². The van der Waals surface area contributed by atoms with Crippen LogP contribution in [0.25, 0.3) is 0 Å². The molecule has 0 amide bonds. The Morgan fingerprint density at radius 2 is 1.17 bits per heavy atom. The summed E-state index contributed by atoms with van der Waals surface area (Å²) in [6.45, 7) is 0.968. The lowest BCUT2D eigenvalue weighted by molar-refractivity contribution is 0.290. The van der Waals surface area contributed by atoms with Crippen molar-refractivity contribution in [2.75, 3.05) is 65.6 Å². The first-order valence-electron chi connectivity index (χ1n) is 9.88. The number of hydrogen-bond acceptors (Lipinski definition) is 7. The molecule has 3 aromatic carbocycles. The van der Waals surface area contributed by atoms with Crippen LogP contribution in [0.4, 0.5) is 34.1 Å². The van der Waals surface area contributed by atoms with Crippen molar-refractivity contribution in [2.45, 2.75) is 0 Å². The highest BCUT2D eigenvalue weighted by molar-refractivity contribution is 5.59. The van der Waals surface area contributed by atoms with Crippen LogP contribution < -0.4 is 31.5 Å². The first kappa shape index (κ1) is 21.1. The van der Waals surface area contributed by atoms with Crippen LogP contribution in [0.15, 0.2) is 72.8 Å². The van der Waals surface area contributed by atoms with Crippen LogP contribution in [0.1, 0.15) is 0 Å². The van der Waals surface area contributed by atoms with Crippen molar-refractivity contribution >= 4 is 34.1 Å². The van der Waals surface area contributed by atoms with Crippen molar-refractivity contribution in [3.05, 3.63) is 72.8 Å². The van der Waals surface area contributed by atoms with Gasteiger partial charge in [-0.15, -0.1) is 0 Å². The molecule has 0 spiro atoms. The van der Waals surface area contributed by atoms with Gasteiger partial charge in [-0.25, -0.2) is 0 Å². The minimum absolute atomic E-state index is 0.0960. The van der Waals surface area contributed by atoms with E-state index in [1.54, 1.807) is 0 Å². The summed E-state index contributed by atoms with van der Waals surface area (Å²) in [6.07, 6.45) is 0. The lowest BCUT2D eigenvalue weighted by atomic mass is 10.2. The van der Waals surface area contributed by atoms with E-state index in [1.165, 1.54) is 0 Å². The number of aliphatic hydroxyl groups excluding tert-OH is 1. The number of nitrogens with two attached hydrogens (primary N) is 1. The van der Waals surface area contributed by atoms with Gasteiger partial charge in [-0.05, 0) is 72.8 Å². The van der Waals surface area contributed by atoms with Crippen molar-refractivity contribution in [1.29, 1.82) is 0 Å². The fraction of sp³-hybridized carbons (Fsp3) is 0.217. The van der Waals surface area contributed by atoms with Gasteiger partial charge in [0.2, 0.25) is 0 Å². The maximum Gasteiger partial charge on any atom is 0.117 e. The SMILES string of the molecule is CNc1ccc(NCN(CN(CO)c2ccc(NC)cc2)c2ccc(N)cc2)cc1. The molecule has 7 nitrogen and oxygen atoms in total. The molecule has 0 aliphatic rings. The maximum absolute atomic E-state index is 10.0. The Labute approximate surface area is 178 Å². The summed E-state index contributed by atoms with van der Waals surface area (Å²) >= 11 is 0. The lowest BCUT2D eigenvalue weighted by Gasteiger charge is -2.33. The van der Waals surface area contributed by atoms with Crippen molar-refractivity contribution in [3.63, 3.8) is 0 Å². The highest BCUT2D eigenvalue weighted by atomic mass is 16.3. The number of anilines is 6. The number of aliphatic hydroxyl groups is 1. The summed E-state index contributed by atoms with van der Waals surface area (Å²) in [5, 5.41) is 19.7. The smallest absolute Gasteiger partial charge is 0.117 e. The first-order valence-corrected chi connectivity index (χ1v) is 9.88. The molecule has 0 aliphatic carbocycles. The predicted octanol–water partition coefficient (Wildman–Crippen LogP) is 3.64. The van der Waals surface area contributed by atoms with E-state index in [1.807, 2.05) is 91.8 Å². The van der Waals surface area contributed by atoms with E-state index in [2.05, 4.69) is 20.9 Å². The van der Waals surface area contributed by atoms with E-state index >= 15 is 0 Å². The van der Waals surface area contributed by atoms with Gasteiger partial charge in [-0.1, -0.05) is 0 Å². The second kappa shape index (κ2) is 10.3. The summed E-state index contributed by atoms with van der Waals surface area (Å²) in [5.41, 5.74) is 11.6. The van der Waals surface area contributed by atoms with Gasteiger partial charge in [0.15, 0.2) is 0 Å². The molecular weight excluding hydrogens is 376 g/mol. The van der Waals surface area contributed by atoms with E-state index in [0.29, 0.717) is 13.3 Å². The van der Waals surface area contributed by atoms with Crippen molar-refractivity contribution < 1.29 is 5.11 Å². The Kier molecular flexibility index (Phi) is 7.24. The molecular formula is C23H30N6O. The summed E-state index contributed by atoms with van der Waals surface area (Å²) in [6, 6.07) is 23.8. The van der Waals surface area contributed by atoms with Crippen LogP contribution in [0.5, 0.6) is 0 Å². The third-order valence-corrected chi connectivity index (χ3v) is 4.94. The summed E-state index contributed by atoms with van der Waals surface area (Å²) in [5.74, 6) is 0. The van der Waals surface area contributed by atoms with E-state index in [-0.39, 0.29) is 6.73 Å². The standard InChI is InChI=1S/C23H30N6O/c1-25-19-5-7-21(8-6-19)27-15-28(22-11-3-18(24)4-12-22)16-29(17-30)23-13-9-20(26-2)10-14-23/h3-14,25-27,30H,15-17,24H2,1-2H3. The van der Waals surface area contributed by atoms with Gasteiger partial charge in [0, 0.05) is 48.2 Å². The average molecular weight is 407 g/mol. The molecule has 0 radical (unpaired) electrons. The Balaban J connectivity index is 1.77. The Morgan fingerprint density at radius 1 is 0.700 bits per heavy atom. The molecule has 6 N–H and O–H groups in total. The summed E-state index contributed by atoms with van der Waals surface area (Å²) in [7, 11) is 3.79. The predicted molar refractivity (Wildman–Crippen MR) is 128 cm³/mol. The Bertz CT molecular complexity index is 896. The topological polar surface area (TPSA) is 88.8 Å². The number of rotatable bonds is 10. The molecule has 7 heteroatoms. The molecule has 3 rings (SSSR count). The van der Waals surface area contributed by atoms with E-state index in [9.17, 15) is 5.11 Å². The minimum atomic E-state index is -0.0960. The van der Waals surface area contributed by atoms with Crippen LogP contribution in [-0.4, -0.2) is 39.3 Å². The molecule has 0 unspecified atom stereocenters.